The van der Waals surface area contributed by atoms with Crippen LogP contribution in [0.3, 0.4) is 0 Å². The van der Waals surface area contributed by atoms with Gasteiger partial charge >= 0.3 is 0 Å². The van der Waals surface area contributed by atoms with Crippen molar-refractivity contribution < 1.29 is 14.3 Å². The summed E-state index contributed by atoms with van der Waals surface area (Å²) in [5.41, 5.74) is 1.19. The van der Waals surface area contributed by atoms with E-state index in [1.54, 1.807) is 12.1 Å². The largest absolute Gasteiger partial charge is 0.494 e. The molecule has 0 bridgehead atoms. The molecule has 0 aliphatic rings. The Balaban J connectivity index is 2.18. The number of halogens is 1. The summed E-state index contributed by atoms with van der Waals surface area (Å²) in [6.45, 7) is 6.39. The maximum Gasteiger partial charge on any atom is 0.259 e. The first-order valence-corrected chi connectivity index (χ1v) is 8.29. The van der Waals surface area contributed by atoms with E-state index in [1.807, 2.05) is 51.1 Å². The van der Waals surface area contributed by atoms with E-state index in [9.17, 15) is 4.79 Å². The lowest BCUT2D eigenvalue weighted by molar-refractivity contribution is 0.102. The molecule has 0 radical (unpaired) electrons. The fourth-order valence-electron chi connectivity index (χ4n) is 2.04. The van der Waals surface area contributed by atoms with Gasteiger partial charge in [-0.3, -0.25) is 4.79 Å². The molecule has 122 valence electrons. The highest BCUT2D eigenvalue weighted by atomic mass is 79.9. The molecule has 0 aliphatic carbocycles. The zero-order chi connectivity index (χ0) is 16.8. The average Bonchev–Trinajstić information content (AvgIpc) is 2.51. The minimum Gasteiger partial charge on any atom is -0.494 e. The quantitative estimate of drug-likeness (QED) is 0.779. The third kappa shape index (κ3) is 4.99. The van der Waals surface area contributed by atoms with Crippen LogP contribution in [0.25, 0.3) is 0 Å². The Morgan fingerprint density at radius 3 is 2.48 bits per heavy atom. The molecule has 0 atom stereocenters. The van der Waals surface area contributed by atoms with E-state index in [-0.39, 0.29) is 12.0 Å². The molecule has 2 aromatic rings. The van der Waals surface area contributed by atoms with E-state index in [0.717, 1.165) is 10.2 Å². The van der Waals surface area contributed by atoms with Crippen LogP contribution in [-0.4, -0.2) is 18.6 Å². The number of hydrogen-bond acceptors (Lipinski definition) is 3. The van der Waals surface area contributed by atoms with Crippen LogP contribution in [-0.2, 0) is 0 Å². The van der Waals surface area contributed by atoms with Gasteiger partial charge in [0.15, 0.2) is 0 Å². The zero-order valence-corrected chi connectivity index (χ0v) is 15.0. The van der Waals surface area contributed by atoms with Crippen molar-refractivity contribution in [3.8, 4) is 11.5 Å². The molecule has 0 aliphatic heterocycles. The second-order valence-electron chi connectivity index (χ2n) is 5.22. The van der Waals surface area contributed by atoms with Gasteiger partial charge in [0.25, 0.3) is 5.91 Å². The van der Waals surface area contributed by atoms with Crippen molar-refractivity contribution in [2.75, 3.05) is 11.9 Å². The van der Waals surface area contributed by atoms with Crippen LogP contribution in [0.15, 0.2) is 46.9 Å². The molecule has 0 spiro atoms. The first kappa shape index (κ1) is 17.3. The van der Waals surface area contributed by atoms with Gasteiger partial charge in [-0.15, -0.1) is 0 Å². The molecule has 0 fully saturated rings. The summed E-state index contributed by atoms with van der Waals surface area (Å²) < 4.78 is 11.9. The summed E-state index contributed by atoms with van der Waals surface area (Å²) in [5, 5.41) is 2.87. The maximum atomic E-state index is 12.5. The third-order valence-corrected chi connectivity index (χ3v) is 3.47. The number of carbonyl (C=O) groups is 1. The molecular formula is C18H20BrNO3. The van der Waals surface area contributed by atoms with Crippen molar-refractivity contribution in [2.24, 2.45) is 0 Å². The molecule has 0 aromatic heterocycles. The van der Waals surface area contributed by atoms with Crippen LogP contribution in [0.1, 0.15) is 31.1 Å². The number of hydrogen-bond donors (Lipinski definition) is 1. The monoisotopic (exact) mass is 377 g/mol. The van der Waals surface area contributed by atoms with Gasteiger partial charge < -0.3 is 14.8 Å². The minimum atomic E-state index is -0.217. The predicted octanol–water partition coefficient (Wildman–Crippen LogP) is 4.89. The minimum absolute atomic E-state index is 0.00629. The van der Waals surface area contributed by atoms with Crippen molar-refractivity contribution in [2.45, 2.75) is 26.9 Å². The van der Waals surface area contributed by atoms with E-state index < -0.39 is 0 Å². The SMILES string of the molecule is CCOc1ccc(NC(=O)c2cc(Br)ccc2OC(C)C)cc1. The number of rotatable bonds is 6. The van der Waals surface area contributed by atoms with Gasteiger partial charge in [0.2, 0.25) is 0 Å². The third-order valence-electron chi connectivity index (χ3n) is 2.97. The smallest absolute Gasteiger partial charge is 0.259 e. The van der Waals surface area contributed by atoms with Crippen LogP contribution in [0.4, 0.5) is 5.69 Å². The summed E-state index contributed by atoms with van der Waals surface area (Å²) in [7, 11) is 0. The highest BCUT2D eigenvalue weighted by Gasteiger charge is 2.14. The summed E-state index contributed by atoms with van der Waals surface area (Å²) >= 11 is 3.39. The van der Waals surface area contributed by atoms with Crippen LogP contribution < -0.4 is 14.8 Å². The summed E-state index contributed by atoms with van der Waals surface area (Å²) in [6, 6.07) is 12.7. The molecule has 0 unspecified atom stereocenters. The van der Waals surface area contributed by atoms with Crippen molar-refractivity contribution >= 4 is 27.5 Å². The molecule has 2 aromatic carbocycles. The Bertz CT molecular complexity index is 668. The Kier molecular flexibility index (Phi) is 6.04. The maximum absolute atomic E-state index is 12.5. The van der Waals surface area contributed by atoms with E-state index in [1.165, 1.54) is 0 Å². The molecule has 2 rings (SSSR count). The summed E-state index contributed by atoms with van der Waals surface area (Å²) in [6.07, 6.45) is -0.00629. The number of amides is 1. The number of ether oxygens (including phenoxy) is 2. The Morgan fingerprint density at radius 2 is 1.87 bits per heavy atom. The first-order valence-electron chi connectivity index (χ1n) is 7.50. The topological polar surface area (TPSA) is 47.6 Å². The molecule has 23 heavy (non-hydrogen) atoms. The lowest BCUT2D eigenvalue weighted by atomic mass is 10.1. The molecule has 0 heterocycles. The number of anilines is 1. The van der Waals surface area contributed by atoms with Gasteiger partial charge in [-0.25, -0.2) is 0 Å². The highest BCUT2D eigenvalue weighted by molar-refractivity contribution is 9.10. The van der Waals surface area contributed by atoms with Crippen LogP contribution in [0.2, 0.25) is 0 Å². The van der Waals surface area contributed by atoms with E-state index in [2.05, 4.69) is 21.2 Å². The van der Waals surface area contributed by atoms with Crippen molar-refractivity contribution in [3.05, 3.63) is 52.5 Å². The fourth-order valence-corrected chi connectivity index (χ4v) is 2.40. The van der Waals surface area contributed by atoms with Crippen LogP contribution in [0, 0.1) is 0 Å². The molecule has 0 saturated heterocycles. The summed E-state index contributed by atoms with van der Waals surface area (Å²) in [5.74, 6) is 1.12. The fraction of sp³-hybridized carbons (Fsp3) is 0.278. The second kappa shape index (κ2) is 8.02. The normalized spacial score (nSPS) is 10.5. The number of carbonyl (C=O) groups excluding carboxylic acids is 1. The van der Waals surface area contributed by atoms with Crippen LogP contribution >= 0.6 is 15.9 Å². The molecular weight excluding hydrogens is 358 g/mol. The van der Waals surface area contributed by atoms with Gasteiger partial charge in [0, 0.05) is 10.2 Å². The molecule has 5 heteroatoms. The van der Waals surface area contributed by atoms with Gasteiger partial charge in [0.1, 0.15) is 11.5 Å². The number of benzene rings is 2. The Hall–Kier alpha value is -2.01. The Labute approximate surface area is 144 Å². The molecule has 1 N–H and O–H groups in total. The van der Waals surface area contributed by atoms with E-state index in [0.29, 0.717) is 23.6 Å². The van der Waals surface area contributed by atoms with Gasteiger partial charge in [0.05, 0.1) is 18.3 Å². The van der Waals surface area contributed by atoms with Crippen molar-refractivity contribution in [1.29, 1.82) is 0 Å². The zero-order valence-electron chi connectivity index (χ0n) is 13.4. The molecule has 1 amide bonds. The number of nitrogens with one attached hydrogen (secondary N) is 1. The van der Waals surface area contributed by atoms with E-state index >= 15 is 0 Å². The van der Waals surface area contributed by atoms with Gasteiger partial charge in [-0.2, -0.15) is 0 Å². The standard InChI is InChI=1S/C18H20BrNO3/c1-4-22-15-8-6-14(7-9-15)20-18(21)16-11-13(19)5-10-17(16)23-12(2)3/h5-12H,4H2,1-3H3,(H,20,21). The average molecular weight is 378 g/mol. The molecule has 4 nitrogen and oxygen atoms in total. The first-order chi connectivity index (χ1) is 11.0. The lowest BCUT2D eigenvalue weighted by Crippen LogP contribution is -2.15. The second-order valence-corrected chi connectivity index (χ2v) is 6.13. The van der Waals surface area contributed by atoms with E-state index in [4.69, 9.17) is 9.47 Å². The van der Waals surface area contributed by atoms with Gasteiger partial charge in [-0.05, 0) is 63.2 Å². The van der Waals surface area contributed by atoms with Gasteiger partial charge in [-0.1, -0.05) is 15.9 Å². The summed E-state index contributed by atoms with van der Waals surface area (Å²) in [4.78, 5) is 12.5. The molecule has 0 saturated carbocycles. The van der Waals surface area contributed by atoms with Crippen molar-refractivity contribution in [3.63, 3.8) is 0 Å². The van der Waals surface area contributed by atoms with Crippen LogP contribution in [0.5, 0.6) is 11.5 Å². The Morgan fingerprint density at radius 1 is 1.17 bits per heavy atom. The lowest BCUT2D eigenvalue weighted by Gasteiger charge is -2.14. The highest BCUT2D eigenvalue weighted by Crippen LogP contribution is 2.25. The predicted molar refractivity (Wildman–Crippen MR) is 95.5 cm³/mol. The van der Waals surface area contributed by atoms with Crippen molar-refractivity contribution in [1.82, 2.24) is 0 Å².